The van der Waals surface area contributed by atoms with Gasteiger partial charge in [0.15, 0.2) is 31.5 Å². The van der Waals surface area contributed by atoms with Crippen molar-refractivity contribution >= 4 is 0 Å². The highest BCUT2D eigenvalue weighted by Gasteiger charge is 2.70. The van der Waals surface area contributed by atoms with Crippen molar-refractivity contribution in [3.8, 4) is 0 Å². The number of hydrogen-bond donors (Lipinski definition) is 19. The molecule has 5 heterocycles. The Balaban J connectivity index is 0.839. The Labute approximate surface area is 517 Å². The normalized spacial score (nSPS) is 51.8. The van der Waals surface area contributed by atoms with E-state index in [2.05, 4.69) is 33.8 Å². The van der Waals surface area contributed by atoms with Crippen LogP contribution >= 0.6 is 0 Å². The minimum Gasteiger partial charge on any atom is -0.394 e. The molecule has 0 aromatic carbocycles. The molecule has 5 saturated heterocycles. The van der Waals surface area contributed by atoms with E-state index >= 15 is 0 Å². The van der Waals surface area contributed by atoms with Crippen molar-refractivity contribution in [2.24, 2.45) is 45.3 Å². The minimum absolute atomic E-state index is 0.0182. The Morgan fingerprint density at radius 3 is 1.46 bits per heavy atom. The molecule has 0 spiro atoms. The van der Waals surface area contributed by atoms with E-state index < -0.39 is 221 Å². The van der Waals surface area contributed by atoms with Crippen LogP contribution in [0.1, 0.15) is 107 Å². The number of ether oxygens (including phenoxy) is 10. The van der Waals surface area contributed by atoms with Gasteiger partial charge in [-0.3, -0.25) is 0 Å². The third-order valence-electron chi connectivity index (χ3n) is 22.9. The van der Waals surface area contributed by atoms with Gasteiger partial charge in [-0.2, -0.15) is 0 Å². The minimum atomic E-state index is -1.87. The molecular weight excluding hydrogens is 1180 g/mol. The monoisotopic (exact) mass is 1290 g/mol. The molecule has 4 aliphatic carbocycles. The van der Waals surface area contributed by atoms with Gasteiger partial charge in [0.2, 0.25) is 0 Å². The molecule has 516 valence electrons. The number of rotatable bonds is 20. The van der Waals surface area contributed by atoms with E-state index in [1.807, 2.05) is 13.8 Å². The predicted molar refractivity (Wildman–Crippen MR) is 300 cm³/mol. The van der Waals surface area contributed by atoms with Crippen LogP contribution in [0.3, 0.4) is 0 Å². The summed E-state index contributed by atoms with van der Waals surface area (Å²) in [6.07, 6.45) is -36.9. The van der Waals surface area contributed by atoms with Crippen LogP contribution in [0.25, 0.3) is 0 Å². The summed E-state index contributed by atoms with van der Waals surface area (Å²) in [7, 11) is 0. The highest BCUT2D eigenvalue weighted by atomic mass is 16.8. The third kappa shape index (κ3) is 13.1. The molecule has 5 aliphatic heterocycles. The molecule has 0 aromatic rings. The summed E-state index contributed by atoms with van der Waals surface area (Å²) in [6, 6.07) is 0. The summed E-state index contributed by atoms with van der Waals surface area (Å²) in [5, 5.41) is 205. The zero-order valence-corrected chi connectivity index (χ0v) is 51.8. The number of aliphatic hydroxyl groups excluding tert-OH is 18. The van der Waals surface area contributed by atoms with Crippen LogP contribution in [0.2, 0.25) is 0 Å². The molecule has 0 amide bonds. The van der Waals surface area contributed by atoms with E-state index in [1.165, 1.54) is 0 Å². The Bertz CT molecular complexity index is 2350. The number of allylic oxidation sites excluding steroid dienone is 1. The fourth-order valence-corrected chi connectivity index (χ4v) is 17.0. The Kier molecular flexibility index (Phi) is 22.3. The zero-order chi connectivity index (χ0) is 65.5. The van der Waals surface area contributed by atoms with Crippen LogP contribution in [-0.2, 0) is 47.4 Å². The average molecular weight is 1290 g/mol. The van der Waals surface area contributed by atoms with Crippen molar-refractivity contribution in [3.05, 3.63) is 11.6 Å². The standard InChI is InChI=1S/C60H102O29/c1-23(9-13-35(57(4,5)79)88-55-50(45(74)38(67)29(20-63)84-55)89-54-49(78)42(71)37(66)28(19-62)83-54)24-15-16-58(6)32-12-10-25-26(60(32,8)33(64)17-59(24,58)7)11-14-34(56(25,2)3)87-53-48(77)44(73)40(69)31(86-53)22-81-52-47(76)43(72)39(68)30(85-52)21-80-51-46(75)41(70)36(65)27(18-61)82-51/h10,23-24,26-55,61-79H,9,11-22H2,1-8H3/t23-,24?,26?,27+,28+,29-,30-,31-,32?,33-,34+,35-,36+,37+,38-,39-,40-,41-,42-,43+,44+,45+,46+,47-,48-,49+,50-,51?,52+,53+,54-,55+,58+,59-,60+/m1/s1. The first-order valence-electron chi connectivity index (χ1n) is 31.6. The van der Waals surface area contributed by atoms with E-state index in [-0.39, 0.29) is 40.9 Å². The molecule has 9 rings (SSSR count). The van der Waals surface area contributed by atoms with E-state index in [0.29, 0.717) is 32.1 Å². The van der Waals surface area contributed by atoms with E-state index in [1.54, 1.807) is 13.8 Å². The van der Waals surface area contributed by atoms with Gasteiger partial charge in [-0.15, -0.1) is 0 Å². The molecule has 29 heteroatoms. The molecule has 3 saturated carbocycles. The molecule has 89 heavy (non-hydrogen) atoms. The van der Waals surface area contributed by atoms with Gasteiger partial charge in [-0.05, 0) is 99.7 Å². The molecule has 9 aliphatic rings. The molecule has 4 unspecified atom stereocenters. The van der Waals surface area contributed by atoms with Crippen molar-refractivity contribution in [2.75, 3.05) is 33.0 Å². The molecule has 19 N–H and O–H groups in total. The molecule has 0 aromatic heterocycles. The molecule has 0 radical (unpaired) electrons. The lowest BCUT2D eigenvalue weighted by Gasteiger charge is -2.67. The van der Waals surface area contributed by atoms with Gasteiger partial charge in [-0.25, -0.2) is 0 Å². The molecule has 35 atom stereocenters. The smallest absolute Gasteiger partial charge is 0.187 e. The van der Waals surface area contributed by atoms with Gasteiger partial charge in [0.1, 0.15) is 122 Å². The van der Waals surface area contributed by atoms with Crippen LogP contribution in [0.5, 0.6) is 0 Å². The molecule has 8 fully saturated rings. The SMILES string of the molecule is C[C@H](CC[C@@H](O[C@@H]1O[C@H](CO)[C@@H](O)[C@H](O)[C@H]1O[C@H]1O[C@@H](CO)[C@H](O)[C@@H](O)[C@@H]1O)C(C)(C)O)C1CC[C@@]2(C)C3CC=C4C(CC[C@H](O[C@@H]5O[C@H](CO[C@H]6O[C@H](COC7O[C@@H](CO)[C@H](O)[C@@H](O)[C@@H]7O)[C@@H](O)[C@H](O)[C@H]6O)[C@@H](O)[C@H](O)[C@H]5O)C4(C)C)[C@]3(C)[C@H](O)C[C@]12C. The van der Waals surface area contributed by atoms with E-state index in [0.717, 1.165) is 18.4 Å². The lowest BCUT2D eigenvalue weighted by atomic mass is 9.38. The first kappa shape index (κ1) is 71.9. The van der Waals surface area contributed by atoms with Gasteiger partial charge in [0.05, 0.1) is 56.9 Å². The average Bonchev–Trinajstić information content (AvgIpc) is 1.66. The van der Waals surface area contributed by atoms with Crippen LogP contribution in [0.4, 0.5) is 0 Å². The maximum Gasteiger partial charge on any atom is 0.187 e. The summed E-state index contributed by atoms with van der Waals surface area (Å²) < 4.78 is 59.0. The van der Waals surface area contributed by atoms with Crippen molar-refractivity contribution in [2.45, 2.75) is 284 Å². The Morgan fingerprint density at radius 2 is 0.955 bits per heavy atom. The molecular formula is C60H102O29. The van der Waals surface area contributed by atoms with Crippen molar-refractivity contribution < 1.29 is 144 Å². The van der Waals surface area contributed by atoms with Crippen LogP contribution in [0, 0.1) is 45.3 Å². The van der Waals surface area contributed by atoms with Crippen molar-refractivity contribution in [1.82, 2.24) is 0 Å². The number of aliphatic hydroxyl groups is 19. The highest BCUT2D eigenvalue weighted by Crippen LogP contribution is 2.75. The second kappa shape index (κ2) is 27.6. The second-order valence-corrected chi connectivity index (χ2v) is 28.7. The van der Waals surface area contributed by atoms with Gasteiger partial charge < -0.3 is 144 Å². The zero-order valence-electron chi connectivity index (χ0n) is 51.8. The van der Waals surface area contributed by atoms with Crippen LogP contribution < -0.4 is 0 Å². The van der Waals surface area contributed by atoms with Crippen molar-refractivity contribution in [1.29, 1.82) is 0 Å². The highest BCUT2D eigenvalue weighted by molar-refractivity contribution is 5.32. The summed E-state index contributed by atoms with van der Waals surface area (Å²) in [6.45, 7) is 12.7. The fraction of sp³-hybridized carbons (Fsp3) is 0.967. The predicted octanol–water partition coefficient (Wildman–Crippen LogP) is -5.41. The lowest BCUT2D eigenvalue weighted by Crippen LogP contribution is -2.65. The number of fused-ring (bicyclic) bond motifs is 5. The van der Waals surface area contributed by atoms with Crippen LogP contribution in [0.15, 0.2) is 11.6 Å². The Morgan fingerprint density at radius 1 is 0.517 bits per heavy atom. The largest absolute Gasteiger partial charge is 0.394 e. The van der Waals surface area contributed by atoms with Crippen LogP contribution in [-0.4, -0.2) is 308 Å². The summed E-state index contributed by atoms with van der Waals surface area (Å²) >= 11 is 0. The lowest BCUT2D eigenvalue weighted by molar-refractivity contribution is -0.375. The first-order valence-corrected chi connectivity index (χ1v) is 31.6. The molecule has 0 bridgehead atoms. The maximum atomic E-state index is 12.8. The van der Waals surface area contributed by atoms with Gasteiger partial charge >= 0.3 is 0 Å². The first-order chi connectivity index (χ1) is 41.6. The van der Waals surface area contributed by atoms with Crippen molar-refractivity contribution in [3.63, 3.8) is 0 Å². The maximum absolute atomic E-state index is 12.8. The number of hydrogen-bond acceptors (Lipinski definition) is 29. The second-order valence-electron chi connectivity index (χ2n) is 28.7. The van der Waals surface area contributed by atoms with Gasteiger partial charge in [0, 0.05) is 10.8 Å². The topological polar surface area (TPSA) is 477 Å². The quantitative estimate of drug-likeness (QED) is 0.0506. The fourth-order valence-electron chi connectivity index (χ4n) is 17.0. The summed E-state index contributed by atoms with van der Waals surface area (Å²) in [5.41, 5.74) is -2.36. The van der Waals surface area contributed by atoms with E-state index in [9.17, 15) is 97.0 Å². The third-order valence-corrected chi connectivity index (χ3v) is 22.9. The van der Waals surface area contributed by atoms with Gasteiger partial charge in [0.25, 0.3) is 0 Å². The summed E-state index contributed by atoms with van der Waals surface area (Å²) in [4.78, 5) is 0. The Hall–Kier alpha value is -1.42. The van der Waals surface area contributed by atoms with E-state index in [4.69, 9.17) is 47.4 Å². The van der Waals surface area contributed by atoms with Gasteiger partial charge in [-0.1, -0.05) is 53.2 Å². The summed E-state index contributed by atoms with van der Waals surface area (Å²) in [5.74, 6) is 0.0910. The molecule has 29 nitrogen and oxygen atoms in total.